The SMILES string of the molecule is CC(NCCCCCCCOc1cccc2c1C(=O)N(C1CCC(=O)NC1=O)C(C(F)(F)F)N2)C12CC3CC(CC(C3)C1)C2. The van der Waals surface area contributed by atoms with E-state index in [2.05, 4.69) is 22.9 Å². The van der Waals surface area contributed by atoms with Gasteiger partial charge in [-0.2, -0.15) is 13.2 Å². The van der Waals surface area contributed by atoms with Gasteiger partial charge >= 0.3 is 6.18 Å². The number of hydrogen-bond donors (Lipinski definition) is 3. The summed E-state index contributed by atoms with van der Waals surface area (Å²) in [5.74, 6) is 0.644. The lowest BCUT2D eigenvalue weighted by atomic mass is 9.48. The monoisotopic (exact) mass is 618 g/mol. The zero-order valence-electron chi connectivity index (χ0n) is 25.5. The Labute approximate surface area is 257 Å². The van der Waals surface area contributed by atoms with Crippen LogP contribution in [0.3, 0.4) is 0 Å². The minimum absolute atomic E-state index is 0.00800. The van der Waals surface area contributed by atoms with Crippen molar-refractivity contribution in [1.82, 2.24) is 15.5 Å². The maximum Gasteiger partial charge on any atom is 0.427 e. The van der Waals surface area contributed by atoms with Crippen LogP contribution in [0.1, 0.15) is 101 Å². The summed E-state index contributed by atoms with van der Waals surface area (Å²) in [7, 11) is 0. The lowest BCUT2D eigenvalue weighted by molar-refractivity contribution is -0.177. The van der Waals surface area contributed by atoms with Gasteiger partial charge in [0, 0.05) is 12.5 Å². The van der Waals surface area contributed by atoms with E-state index in [4.69, 9.17) is 4.74 Å². The zero-order valence-corrected chi connectivity index (χ0v) is 25.5. The number of hydrogen-bond acceptors (Lipinski definition) is 6. The van der Waals surface area contributed by atoms with Crippen molar-refractivity contribution in [1.29, 1.82) is 0 Å². The largest absolute Gasteiger partial charge is 0.493 e. The van der Waals surface area contributed by atoms with E-state index in [1.807, 2.05) is 0 Å². The fraction of sp³-hybridized carbons (Fsp3) is 0.727. The van der Waals surface area contributed by atoms with Gasteiger partial charge in [-0.1, -0.05) is 25.3 Å². The molecule has 4 bridgehead atoms. The summed E-state index contributed by atoms with van der Waals surface area (Å²) >= 11 is 0. The van der Waals surface area contributed by atoms with Gasteiger partial charge in [-0.25, -0.2) is 0 Å². The number of nitrogens with zero attached hydrogens (tertiary/aromatic N) is 1. The molecule has 3 unspecified atom stereocenters. The van der Waals surface area contributed by atoms with Gasteiger partial charge in [-0.3, -0.25) is 24.6 Å². The Morgan fingerprint density at radius 2 is 1.66 bits per heavy atom. The predicted octanol–water partition coefficient (Wildman–Crippen LogP) is 5.77. The van der Waals surface area contributed by atoms with Crippen LogP contribution in [0.4, 0.5) is 18.9 Å². The fourth-order valence-electron chi connectivity index (χ4n) is 9.15. The van der Waals surface area contributed by atoms with Crippen molar-refractivity contribution < 1.29 is 32.3 Å². The smallest absolute Gasteiger partial charge is 0.427 e. The molecule has 0 radical (unpaired) electrons. The minimum atomic E-state index is -4.84. The molecular weight excluding hydrogens is 573 g/mol. The van der Waals surface area contributed by atoms with Crippen molar-refractivity contribution in [2.45, 2.75) is 115 Å². The number of unbranched alkanes of at least 4 members (excludes halogenated alkanes) is 4. The second kappa shape index (κ2) is 12.5. The quantitative estimate of drug-likeness (QED) is 0.203. The summed E-state index contributed by atoms with van der Waals surface area (Å²) in [4.78, 5) is 38.1. The van der Waals surface area contributed by atoms with Crippen LogP contribution in [0.25, 0.3) is 0 Å². The number of amides is 3. The standard InChI is InChI=1S/C33H45F3N4O4/c1-20(32-17-21-14-22(18-32)16-23(15-21)19-32)37-12-5-3-2-4-6-13-44-26-9-7-8-24-28(26)30(43)40(31(38-24)33(34,35)36)25-10-11-27(41)39-29(25)42/h7-9,20-23,25,31,37-38H,2-6,10-19H2,1H3,(H,39,41,42). The van der Waals surface area contributed by atoms with Crippen molar-refractivity contribution in [2.24, 2.45) is 23.2 Å². The van der Waals surface area contributed by atoms with Gasteiger partial charge in [0.25, 0.3) is 5.91 Å². The Morgan fingerprint density at radius 1 is 1.00 bits per heavy atom. The minimum Gasteiger partial charge on any atom is -0.493 e. The van der Waals surface area contributed by atoms with Gasteiger partial charge in [-0.15, -0.1) is 0 Å². The van der Waals surface area contributed by atoms with Crippen LogP contribution in [0.2, 0.25) is 0 Å². The molecule has 242 valence electrons. The highest BCUT2D eigenvalue weighted by atomic mass is 19.4. The summed E-state index contributed by atoms with van der Waals surface area (Å²) in [5.41, 5.74) is 0.497. The number of anilines is 1. The van der Waals surface area contributed by atoms with E-state index in [9.17, 15) is 27.6 Å². The number of rotatable bonds is 12. The Bertz CT molecular complexity index is 1220. The van der Waals surface area contributed by atoms with Crippen molar-refractivity contribution in [2.75, 3.05) is 18.5 Å². The molecule has 0 aromatic heterocycles. The first-order chi connectivity index (χ1) is 21.0. The van der Waals surface area contributed by atoms with Gasteiger partial charge in [-0.05, 0) is 107 Å². The molecular formula is C33H45F3N4O4. The molecule has 11 heteroatoms. The molecule has 1 saturated heterocycles. The van der Waals surface area contributed by atoms with E-state index < -0.39 is 36.1 Å². The molecule has 1 aromatic rings. The van der Waals surface area contributed by atoms with Gasteiger partial charge in [0.2, 0.25) is 18.0 Å². The van der Waals surface area contributed by atoms with Gasteiger partial charge in [0.15, 0.2) is 0 Å². The van der Waals surface area contributed by atoms with Crippen molar-refractivity contribution >= 4 is 23.4 Å². The third kappa shape index (κ3) is 6.30. The van der Waals surface area contributed by atoms with Crippen LogP contribution in [-0.2, 0) is 9.59 Å². The number of halogens is 3. The highest BCUT2D eigenvalue weighted by Crippen LogP contribution is 2.61. The number of alkyl halides is 3. The number of piperidine rings is 1. The fourth-order valence-corrected chi connectivity index (χ4v) is 9.15. The number of nitrogens with one attached hydrogen (secondary N) is 3. The number of imide groups is 1. The first-order valence-electron chi connectivity index (χ1n) is 16.5. The summed E-state index contributed by atoms with van der Waals surface area (Å²) in [5, 5.41) is 8.31. The molecule has 6 aliphatic rings. The molecule has 4 saturated carbocycles. The zero-order chi connectivity index (χ0) is 31.1. The maximum absolute atomic E-state index is 14.0. The molecule has 8 nitrogen and oxygen atoms in total. The predicted molar refractivity (Wildman–Crippen MR) is 159 cm³/mol. The van der Waals surface area contributed by atoms with E-state index in [0.29, 0.717) is 23.0 Å². The normalized spacial score (nSPS) is 31.9. The Morgan fingerprint density at radius 3 is 2.32 bits per heavy atom. The summed E-state index contributed by atoms with van der Waals surface area (Å²) in [6, 6.07) is 3.66. The molecule has 3 atom stereocenters. The third-order valence-electron chi connectivity index (χ3n) is 10.9. The number of carbonyl (C=O) groups excluding carboxylic acids is 3. The molecule has 7 rings (SSSR count). The lowest BCUT2D eigenvalue weighted by Gasteiger charge is -2.59. The molecule has 4 aliphatic carbocycles. The van der Waals surface area contributed by atoms with Gasteiger partial charge < -0.3 is 15.4 Å². The second-order valence-electron chi connectivity index (χ2n) is 14.0. The number of ether oxygens (including phenoxy) is 1. The average Bonchev–Trinajstić information content (AvgIpc) is 2.95. The Balaban J connectivity index is 0.959. The summed E-state index contributed by atoms with van der Waals surface area (Å²) in [6.45, 7) is 3.76. The molecule has 2 heterocycles. The molecule has 44 heavy (non-hydrogen) atoms. The molecule has 0 spiro atoms. The van der Waals surface area contributed by atoms with Crippen molar-refractivity contribution in [3.63, 3.8) is 0 Å². The highest BCUT2D eigenvalue weighted by Gasteiger charge is 2.54. The molecule has 3 N–H and O–H groups in total. The van der Waals surface area contributed by atoms with Crippen LogP contribution in [0, 0.1) is 23.2 Å². The number of carbonyl (C=O) groups is 3. The highest BCUT2D eigenvalue weighted by molar-refractivity contribution is 6.08. The average molecular weight is 619 g/mol. The summed E-state index contributed by atoms with van der Waals surface area (Å²) in [6.07, 6.45) is 6.08. The van der Waals surface area contributed by atoms with E-state index >= 15 is 0 Å². The maximum atomic E-state index is 14.0. The number of benzene rings is 1. The first-order valence-corrected chi connectivity index (χ1v) is 16.5. The van der Waals surface area contributed by atoms with Crippen molar-refractivity contribution in [3.8, 4) is 5.75 Å². The third-order valence-corrected chi connectivity index (χ3v) is 10.9. The Kier molecular flexibility index (Phi) is 8.87. The van der Waals surface area contributed by atoms with Crippen LogP contribution < -0.4 is 20.7 Å². The van der Waals surface area contributed by atoms with E-state index in [-0.39, 0.29) is 29.8 Å². The summed E-state index contributed by atoms with van der Waals surface area (Å²) < 4.78 is 48.0. The topological polar surface area (TPSA) is 99.8 Å². The molecule has 1 aromatic carbocycles. The van der Waals surface area contributed by atoms with E-state index in [0.717, 1.165) is 56.4 Å². The molecule has 2 aliphatic heterocycles. The van der Waals surface area contributed by atoms with Crippen molar-refractivity contribution in [3.05, 3.63) is 23.8 Å². The Hall–Kier alpha value is -2.82. The van der Waals surface area contributed by atoms with Gasteiger partial charge in [0.1, 0.15) is 17.4 Å². The second-order valence-corrected chi connectivity index (χ2v) is 14.0. The van der Waals surface area contributed by atoms with Crippen LogP contribution in [0.5, 0.6) is 5.75 Å². The van der Waals surface area contributed by atoms with Crippen LogP contribution in [-0.4, -0.2) is 60.2 Å². The van der Waals surface area contributed by atoms with Crippen LogP contribution in [0.15, 0.2) is 18.2 Å². The first kappa shape index (κ1) is 31.2. The number of fused-ring (bicyclic) bond motifs is 1. The van der Waals surface area contributed by atoms with E-state index in [1.165, 1.54) is 44.6 Å². The molecule has 5 fully saturated rings. The van der Waals surface area contributed by atoms with Gasteiger partial charge in [0.05, 0.1) is 12.3 Å². The lowest BCUT2D eigenvalue weighted by Crippen LogP contribution is -2.64. The molecule has 3 amide bonds. The van der Waals surface area contributed by atoms with Crippen LogP contribution >= 0.6 is 0 Å². The van der Waals surface area contributed by atoms with E-state index in [1.54, 1.807) is 12.1 Å².